The van der Waals surface area contributed by atoms with Crippen LogP contribution in [0.15, 0.2) is 42.9 Å². The molecule has 0 amide bonds. The highest BCUT2D eigenvalue weighted by molar-refractivity contribution is 5.14. The monoisotopic (exact) mass is 229 g/mol. The summed E-state index contributed by atoms with van der Waals surface area (Å²) in [6.45, 7) is 6.15. The van der Waals surface area contributed by atoms with E-state index in [4.69, 9.17) is 0 Å². The Morgan fingerprint density at radius 2 is 2.00 bits per heavy atom. The van der Waals surface area contributed by atoms with E-state index in [9.17, 15) is 0 Å². The van der Waals surface area contributed by atoms with Crippen LogP contribution in [0.1, 0.15) is 25.1 Å². The van der Waals surface area contributed by atoms with Gasteiger partial charge in [-0.1, -0.05) is 13.8 Å². The van der Waals surface area contributed by atoms with E-state index >= 15 is 0 Å². The second-order valence-electron chi connectivity index (χ2n) is 4.52. The summed E-state index contributed by atoms with van der Waals surface area (Å²) >= 11 is 0. The molecule has 0 aromatic carbocycles. The van der Waals surface area contributed by atoms with Crippen molar-refractivity contribution in [1.29, 1.82) is 0 Å². The minimum absolute atomic E-state index is 0.513. The Morgan fingerprint density at radius 3 is 2.71 bits per heavy atom. The summed E-state index contributed by atoms with van der Waals surface area (Å²) < 4.78 is 2.27. The molecule has 2 aromatic heterocycles. The molecule has 0 saturated heterocycles. The van der Waals surface area contributed by atoms with Crippen molar-refractivity contribution in [2.24, 2.45) is 0 Å². The first kappa shape index (κ1) is 11.9. The summed E-state index contributed by atoms with van der Waals surface area (Å²) in [5.41, 5.74) is 2.59. The van der Waals surface area contributed by atoms with Crippen LogP contribution in [0.5, 0.6) is 0 Å². The van der Waals surface area contributed by atoms with Gasteiger partial charge in [0.1, 0.15) is 0 Å². The second kappa shape index (κ2) is 5.64. The number of hydrogen-bond acceptors (Lipinski definition) is 2. The van der Waals surface area contributed by atoms with E-state index in [-0.39, 0.29) is 0 Å². The molecule has 1 N–H and O–H groups in total. The van der Waals surface area contributed by atoms with Crippen LogP contribution < -0.4 is 5.32 Å². The summed E-state index contributed by atoms with van der Waals surface area (Å²) in [4.78, 5) is 4.04. The van der Waals surface area contributed by atoms with E-state index in [1.165, 1.54) is 11.3 Å². The van der Waals surface area contributed by atoms with Crippen LogP contribution >= 0.6 is 0 Å². The summed E-state index contributed by atoms with van der Waals surface area (Å²) in [5, 5.41) is 3.44. The lowest BCUT2D eigenvalue weighted by molar-refractivity contribution is 0.564. The number of nitrogens with zero attached hydrogens (tertiary/aromatic N) is 2. The Morgan fingerprint density at radius 1 is 1.24 bits per heavy atom. The molecular formula is C14H19N3. The Bertz CT molecular complexity index is 446. The first-order valence-electron chi connectivity index (χ1n) is 6.02. The quantitative estimate of drug-likeness (QED) is 0.853. The van der Waals surface area contributed by atoms with Crippen molar-refractivity contribution in [3.05, 3.63) is 54.1 Å². The minimum atomic E-state index is 0.513. The molecule has 0 atom stereocenters. The van der Waals surface area contributed by atoms with Crippen molar-refractivity contribution in [3.63, 3.8) is 0 Å². The van der Waals surface area contributed by atoms with Crippen LogP contribution in [0, 0.1) is 0 Å². The largest absolute Gasteiger partial charge is 0.346 e. The summed E-state index contributed by atoms with van der Waals surface area (Å²) in [6.07, 6.45) is 5.80. The Labute approximate surface area is 103 Å². The van der Waals surface area contributed by atoms with Crippen LogP contribution in [-0.2, 0) is 13.1 Å². The van der Waals surface area contributed by atoms with Gasteiger partial charge in [0.25, 0.3) is 0 Å². The lowest BCUT2D eigenvalue weighted by atomic mass is 10.2. The van der Waals surface area contributed by atoms with Crippen LogP contribution in [0.2, 0.25) is 0 Å². The molecule has 0 aliphatic heterocycles. The number of rotatable bonds is 5. The first-order chi connectivity index (χ1) is 8.25. The lowest BCUT2D eigenvalue weighted by Gasteiger charge is -2.12. The van der Waals surface area contributed by atoms with E-state index in [2.05, 4.69) is 59.2 Å². The third-order valence-corrected chi connectivity index (χ3v) is 2.72. The highest BCUT2D eigenvalue weighted by Gasteiger charge is 2.02. The van der Waals surface area contributed by atoms with E-state index in [0.717, 1.165) is 13.1 Å². The first-order valence-corrected chi connectivity index (χ1v) is 6.02. The molecule has 0 bridgehead atoms. The molecule has 0 saturated carbocycles. The topological polar surface area (TPSA) is 29.9 Å². The fourth-order valence-corrected chi connectivity index (χ4v) is 1.76. The van der Waals surface area contributed by atoms with Gasteiger partial charge in [-0.2, -0.15) is 0 Å². The molecule has 0 aliphatic rings. The molecule has 2 aromatic rings. The fourth-order valence-electron chi connectivity index (χ4n) is 1.76. The van der Waals surface area contributed by atoms with Gasteiger partial charge in [0, 0.05) is 43.4 Å². The van der Waals surface area contributed by atoms with E-state index in [1.807, 2.05) is 12.4 Å². The average Bonchev–Trinajstić information content (AvgIpc) is 2.75. The van der Waals surface area contributed by atoms with Crippen molar-refractivity contribution < 1.29 is 0 Å². The van der Waals surface area contributed by atoms with Crippen LogP contribution in [-0.4, -0.2) is 15.6 Å². The Kier molecular flexibility index (Phi) is 3.94. The van der Waals surface area contributed by atoms with Gasteiger partial charge in [0.15, 0.2) is 0 Å². The lowest BCUT2D eigenvalue weighted by Crippen LogP contribution is -2.23. The molecule has 0 spiro atoms. The van der Waals surface area contributed by atoms with E-state index < -0.39 is 0 Å². The third-order valence-electron chi connectivity index (χ3n) is 2.72. The zero-order valence-electron chi connectivity index (χ0n) is 10.4. The number of aromatic nitrogens is 2. The van der Waals surface area contributed by atoms with Gasteiger partial charge >= 0.3 is 0 Å². The van der Waals surface area contributed by atoms with Crippen molar-refractivity contribution in [3.8, 4) is 0 Å². The highest BCUT2D eigenvalue weighted by atomic mass is 15.0. The van der Waals surface area contributed by atoms with Crippen molar-refractivity contribution in [1.82, 2.24) is 14.9 Å². The van der Waals surface area contributed by atoms with Gasteiger partial charge in [0.05, 0.1) is 0 Å². The van der Waals surface area contributed by atoms with Gasteiger partial charge in [0.2, 0.25) is 0 Å². The molecule has 0 radical (unpaired) electrons. The molecule has 3 nitrogen and oxygen atoms in total. The SMILES string of the molecule is CC(C)NCc1cccn1Cc1ccncc1. The Balaban J connectivity index is 2.04. The summed E-state index contributed by atoms with van der Waals surface area (Å²) in [6, 6.07) is 8.88. The maximum Gasteiger partial charge on any atom is 0.0474 e. The molecule has 0 unspecified atom stereocenters. The average molecular weight is 229 g/mol. The molecule has 2 rings (SSSR count). The molecule has 2 heterocycles. The van der Waals surface area contributed by atoms with Crippen molar-refractivity contribution >= 4 is 0 Å². The molecule has 17 heavy (non-hydrogen) atoms. The zero-order valence-corrected chi connectivity index (χ0v) is 10.4. The van der Waals surface area contributed by atoms with Gasteiger partial charge in [-0.05, 0) is 29.8 Å². The Hall–Kier alpha value is -1.61. The number of pyridine rings is 1. The second-order valence-corrected chi connectivity index (χ2v) is 4.52. The zero-order chi connectivity index (χ0) is 12.1. The van der Waals surface area contributed by atoms with Gasteiger partial charge in [-0.15, -0.1) is 0 Å². The number of nitrogens with one attached hydrogen (secondary N) is 1. The molecule has 0 aliphatic carbocycles. The van der Waals surface area contributed by atoms with E-state index in [0.29, 0.717) is 6.04 Å². The van der Waals surface area contributed by atoms with Crippen molar-refractivity contribution in [2.75, 3.05) is 0 Å². The standard InChI is InChI=1S/C14H19N3/c1-12(2)16-10-14-4-3-9-17(14)11-13-5-7-15-8-6-13/h3-9,12,16H,10-11H2,1-2H3. The third kappa shape index (κ3) is 3.43. The number of hydrogen-bond donors (Lipinski definition) is 1. The van der Waals surface area contributed by atoms with Gasteiger partial charge < -0.3 is 9.88 Å². The van der Waals surface area contributed by atoms with Crippen LogP contribution in [0.3, 0.4) is 0 Å². The predicted molar refractivity (Wildman–Crippen MR) is 69.7 cm³/mol. The summed E-state index contributed by atoms with van der Waals surface area (Å²) in [7, 11) is 0. The maximum absolute atomic E-state index is 4.04. The van der Waals surface area contributed by atoms with Gasteiger partial charge in [-0.25, -0.2) is 0 Å². The molecular weight excluding hydrogens is 210 g/mol. The summed E-state index contributed by atoms with van der Waals surface area (Å²) in [5.74, 6) is 0. The van der Waals surface area contributed by atoms with E-state index in [1.54, 1.807) is 0 Å². The molecule has 0 fully saturated rings. The highest BCUT2D eigenvalue weighted by Crippen LogP contribution is 2.07. The molecule has 90 valence electrons. The maximum atomic E-state index is 4.04. The fraction of sp³-hybridized carbons (Fsp3) is 0.357. The predicted octanol–water partition coefficient (Wildman–Crippen LogP) is 2.43. The van der Waals surface area contributed by atoms with Crippen LogP contribution in [0.4, 0.5) is 0 Å². The minimum Gasteiger partial charge on any atom is -0.346 e. The smallest absolute Gasteiger partial charge is 0.0474 e. The van der Waals surface area contributed by atoms with Crippen molar-refractivity contribution in [2.45, 2.75) is 33.0 Å². The normalized spacial score (nSPS) is 11.0. The van der Waals surface area contributed by atoms with Gasteiger partial charge in [-0.3, -0.25) is 4.98 Å². The van der Waals surface area contributed by atoms with Crippen LogP contribution in [0.25, 0.3) is 0 Å². The molecule has 3 heteroatoms.